The van der Waals surface area contributed by atoms with E-state index >= 15 is 0 Å². The number of ether oxygens (including phenoxy) is 3. The molecule has 1 fully saturated rings. The smallest absolute Gasteiger partial charge is 0.329 e. The molecule has 0 radical (unpaired) electrons. The molecule has 1 aromatic carbocycles. The lowest BCUT2D eigenvalue weighted by atomic mass is 9.93. The van der Waals surface area contributed by atoms with Crippen LogP contribution in [0.4, 0.5) is 0 Å². The molecule has 0 spiro atoms. The summed E-state index contributed by atoms with van der Waals surface area (Å²) in [5.41, 5.74) is 1.06. The Morgan fingerprint density at radius 1 is 1.32 bits per heavy atom. The molecule has 1 aliphatic heterocycles. The maximum absolute atomic E-state index is 12.2. The van der Waals surface area contributed by atoms with E-state index in [1.807, 2.05) is 30.3 Å². The molecule has 2 rings (SSSR count). The van der Waals surface area contributed by atoms with Crippen molar-refractivity contribution >= 4 is 11.9 Å². The van der Waals surface area contributed by atoms with Crippen LogP contribution in [0.25, 0.3) is 0 Å². The van der Waals surface area contributed by atoms with Crippen molar-refractivity contribution in [3.05, 3.63) is 35.9 Å². The lowest BCUT2D eigenvalue weighted by Gasteiger charge is -2.29. The van der Waals surface area contributed by atoms with Crippen LogP contribution in [0.1, 0.15) is 31.7 Å². The minimum atomic E-state index is -0.651. The van der Waals surface area contributed by atoms with Crippen LogP contribution in [0, 0.1) is 5.92 Å². The molecule has 138 valence electrons. The van der Waals surface area contributed by atoms with Crippen LogP contribution in [0.2, 0.25) is 0 Å². The predicted octanol–water partition coefficient (Wildman–Crippen LogP) is 2.07. The van der Waals surface area contributed by atoms with Gasteiger partial charge in [0.25, 0.3) is 0 Å². The molecular weight excluding hydrogens is 322 g/mol. The summed E-state index contributed by atoms with van der Waals surface area (Å²) in [6.45, 7) is 3.98. The molecule has 1 aromatic rings. The van der Waals surface area contributed by atoms with Gasteiger partial charge in [0.2, 0.25) is 5.91 Å². The quantitative estimate of drug-likeness (QED) is 0.546. The number of esters is 1. The first-order chi connectivity index (χ1) is 12.2. The van der Waals surface area contributed by atoms with Gasteiger partial charge in [0.05, 0.1) is 26.4 Å². The number of amides is 1. The Bertz CT molecular complexity index is 528. The first kappa shape index (κ1) is 19.4. The van der Waals surface area contributed by atoms with Crippen molar-refractivity contribution in [2.45, 2.75) is 38.8 Å². The van der Waals surface area contributed by atoms with Crippen LogP contribution in [0.5, 0.6) is 0 Å². The van der Waals surface area contributed by atoms with Crippen molar-refractivity contribution in [2.75, 3.05) is 26.4 Å². The summed E-state index contributed by atoms with van der Waals surface area (Å²) < 4.78 is 16.1. The maximum Gasteiger partial charge on any atom is 0.329 e. The standard InChI is InChI=1S/C19H27NO5/c1-2-25-19(22)18(16-9-6-11-23-14-16)20-17(21)10-12-24-13-15-7-4-3-5-8-15/h3-5,7-8,16,18H,2,6,9-14H2,1H3,(H,20,21). The molecule has 0 aliphatic carbocycles. The van der Waals surface area contributed by atoms with Gasteiger partial charge in [0.15, 0.2) is 0 Å². The fourth-order valence-electron chi connectivity index (χ4n) is 2.80. The van der Waals surface area contributed by atoms with Gasteiger partial charge in [-0.15, -0.1) is 0 Å². The average Bonchev–Trinajstić information content (AvgIpc) is 2.65. The van der Waals surface area contributed by atoms with Gasteiger partial charge in [0.1, 0.15) is 6.04 Å². The van der Waals surface area contributed by atoms with Gasteiger partial charge in [0, 0.05) is 18.9 Å². The summed E-state index contributed by atoms with van der Waals surface area (Å²) in [6, 6.07) is 9.13. The van der Waals surface area contributed by atoms with Crippen LogP contribution in [0.3, 0.4) is 0 Å². The SMILES string of the molecule is CCOC(=O)C(NC(=O)CCOCc1ccccc1)C1CCCOC1. The fourth-order valence-corrected chi connectivity index (χ4v) is 2.80. The number of benzene rings is 1. The van der Waals surface area contributed by atoms with Crippen LogP contribution in [0.15, 0.2) is 30.3 Å². The second-order valence-electron chi connectivity index (χ2n) is 6.06. The Morgan fingerprint density at radius 3 is 2.80 bits per heavy atom. The van der Waals surface area contributed by atoms with Crippen molar-refractivity contribution in [2.24, 2.45) is 5.92 Å². The summed E-state index contributed by atoms with van der Waals surface area (Å²) in [5.74, 6) is -0.643. The molecule has 2 atom stereocenters. The van der Waals surface area contributed by atoms with Crippen LogP contribution in [-0.2, 0) is 30.4 Å². The van der Waals surface area contributed by atoms with Gasteiger partial charge in [-0.1, -0.05) is 30.3 Å². The highest BCUT2D eigenvalue weighted by molar-refractivity contribution is 5.84. The van der Waals surface area contributed by atoms with Gasteiger partial charge < -0.3 is 19.5 Å². The first-order valence-electron chi connectivity index (χ1n) is 8.86. The number of nitrogens with one attached hydrogen (secondary N) is 1. The van der Waals surface area contributed by atoms with Crippen molar-refractivity contribution in [1.82, 2.24) is 5.32 Å². The number of carbonyl (C=O) groups excluding carboxylic acids is 2. The van der Waals surface area contributed by atoms with E-state index in [-0.39, 0.29) is 18.2 Å². The molecule has 25 heavy (non-hydrogen) atoms. The zero-order chi connectivity index (χ0) is 17.9. The van der Waals surface area contributed by atoms with Gasteiger partial charge in [-0.2, -0.15) is 0 Å². The molecule has 6 nitrogen and oxygen atoms in total. The zero-order valence-corrected chi connectivity index (χ0v) is 14.7. The highest BCUT2D eigenvalue weighted by atomic mass is 16.5. The monoisotopic (exact) mass is 349 g/mol. The molecule has 1 amide bonds. The Morgan fingerprint density at radius 2 is 2.12 bits per heavy atom. The van der Waals surface area contributed by atoms with Crippen LogP contribution in [-0.4, -0.2) is 44.3 Å². The van der Waals surface area contributed by atoms with Crippen molar-refractivity contribution < 1.29 is 23.8 Å². The molecule has 1 N–H and O–H groups in total. The van der Waals surface area contributed by atoms with Crippen LogP contribution >= 0.6 is 0 Å². The highest BCUT2D eigenvalue weighted by Crippen LogP contribution is 2.18. The Balaban J connectivity index is 1.76. The topological polar surface area (TPSA) is 73.9 Å². The van der Waals surface area contributed by atoms with E-state index in [0.717, 1.165) is 18.4 Å². The predicted molar refractivity (Wildman–Crippen MR) is 92.8 cm³/mol. The van der Waals surface area contributed by atoms with E-state index in [1.165, 1.54) is 0 Å². The molecule has 0 aromatic heterocycles. The van der Waals surface area contributed by atoms with E-state index in [0.29, 0.717) is 33.0 Å². The number of rotatable bonds is 9. The molecular formula is C19H27NO5. The normalized spacial score (nSPS) is 18.4. The second-order valence-corrected chi connectivity index (χ2v) is 6.06. The van der Waals surface area contributed by atoms with E-state index in [4.69, 9.17) is 14.2 Å². The first-order valence-corrected chi connectivity index (χ1v) is 8.86. The van der Waals surface area contributed by atoms with Gasteiger partial charge in [-0.05, 0) is 25.3 Å². The van der Waals surface area contributed by atoms with Gasteiger partial charge in [-0.25, -0.2) is 4.79 Å². The van der Waals surface area contributed by atoms with E-state index in [1.54, 1.807) is 6.92 Å². The van der Waals surface area contributed by atoms with Gasteiger partial charge >= 0.3 is 5.97 Å². The Kier molecular flexibility index (Phi) is 8.42. The third kappa shape index (κ3) is 6.84. The molecule has 2 unspecified atom stereocenters. The summed E-state index contributed by atoms with van der Waals surface area (Å²) >= 11 is 0. The summed E-state index contributed by atoms with van der Waals surface area (Å²) in [6.07, 6.45) is 1.93. The zero-order valence-electron chi connectivity index (χ0n) is 14.7. The molecule has 1 aliphatic rings. The lowest BCUT2D eigenvalue weighted by molar-refractivity contribution is -0.150. The largest absolute Gasteiger partial charge is 0.464 e. The van der Waals surface area contributed by atoms with E-state index < -0.39 is 12.0 Å². The van der Waals surface area contributed by atoms with Crippen LogP contribution < -0.4 is 5.32 Å². The maximum atomic E-state index is 12.2. The van der Waals surface area contributed by atoms with Crippen molar-refractivity contribution in [3.8, 4) is 0 Å². The third-order valence-corrected chi connectivity index (χ3v) is 4.11. The summed E-state index contributed by atoms with van der Waals surface area (Å²) in [7, 11) is 0. The van der Waals surface area contributed by atoms with Gasteiger partial charge in [-0.3, -0.25) is 4.79 Å². The number of hydrogen-bond donors (Lipinski definition) is 1. The van der Waals surface area contributed by atoms with E-state index in [9.17, 15) is 9.59 Å². The molecule has 0 bridgehead atoms. The second kappa shape index (κ2) is 10.8. The van der Waals surface area contributed by atoms with Crippen molar-refractivity contribution in [1.29, 1.82) is 0 Å². The number of hydrogen-bond acceptors (Lipinski definition) is 5. The third-order valence-electron chi connectivity index (χ3n) is 4.11. The minimum Gasteiger partial charge on any atom is -0.464 e. The Hall–Kier alpha value is -1.92. The molecule has 1 saturated heterocycles. The Labute approximate surface area is 148 Å². The fraction of sp³-hybridized carbons (Fsp3) is 0.579. The average molecular weight is 349 g/mol. The minimum absolute atomic E-state index is 0.0398. The number of carbonyl (C=O) groups is 2. The highest BCUT2D eigenvalue weighted by Gasteiger charge is 2.32. The molecule has 0 saturated carbocycles. The van der Waals surface area contributed by atoms with Crippen molar-refractivity contribution in [3.63, 3.8) is 0 Å². The molecule has 1 heterocycles. The lowest BCUT2D eigenvalue weighted by Crippen LogP contribution is -2.49. The molecule has 6 heteroatoms. The van der Waals surface area contributed by atoms with E-state index in [2.05, 4.69) is 5.32 Å². The summed E-state index contributed by atoms with van der Waals surface area (Å²) in [5, 5.41) is 2.80. The summed E-state index contributed by atoms with van der Waals surface area (Å²) in [4.78, 5) is 24.3.